The van der Waals surface area contributed by atoms with Crippen LogP contribution in [0.5, 0.6) is 0 Å². The summed E-state index contributed by atoms with van der Waals surface area (Å²) in [6.07, 6.45) is 4.63. The molecule has 4 aliphatic rings. The molecule has 6 heteroatoms. The first-order valence-corrected chi connectivity index (χ1v) is 47.7. The fraction of sp³-hybridized carbons (Fsp3) is 0.190. The number of aromatic nitrogens is 3. The average Bonchev–Trinajstić information content (AvgIpc) is 0.889. The van der Waals surface area contributed by atoms with Crippen LogP contribution >= 0.6 is 0 Å². The van der Waals surface area contributed by atoms with E-state index in [2.05, 4.69) is 484 Å². The maximum absolute atomic E-state index is 2.67. The summed E-state index contributed by atoms with van der Waals surface area (Å²) in [6.45, 7) is 33.4. The summed E-state index contributed by atoms with van der Waals surface area (Å²) >= 11 is 0. The van der Waals surface area contributed by atoms with Crippen LogP contribution in [0.1, 0.15) is 156 Å². The minimum absolute atomic E-state index is 0.0413. The Kier molecular flexibility index (Phi) is 18.2. The number of nitrogens with zero attached hydrogens (tertiary/aromatic N) is 5. The van der Waals surface area contributed by atoms with Crippen molar-refractivity contribution in [3.8, 4) is 83.8 Å². The maximum atomic E-state index is 2.67. The molecule has 17 aromatic carbocycles. The molecular weight excluding hydrogens is 1590 g/mol. The molecule has 2 aliphatic carbocycles. The Balaban J connectivity index is 0.803. The molecule has 0 spiro atoms. The Hall–Kier alpha value is -14.2. The number of hydrogen-bond donors (Lipinski definition) is 0. The van der Waals surface area contributed by atoms with Crippen LogP contribution in [0.25, 0.3) is 149 Å². The molecule has 24 rings (SSSR count). The Labute approximate surface area is 777 Å². The van der Waals surface area contributed by atoms with E-state index in [-0.39, 0.29) is 39.2 Å². The predicted octanol–water partition coefficient (Wildman–Crippen LogP) is 32.4. The third kappa shape index (κ3) is 13.1. The monoisotopic (exact) mass is 1700 g/mol. The summed E-state index contributed by atoms with van der Waals surface area (Å²) in [7, 11) is 0. The third-order valence-electron chi connectivity index (χ3n) is 30.9. The molecule has 0 fully saturated rings. The van der Waals surface area contributed by atoms with Crippen LogP contribution in [0, 0.1) is 0 Å². The zero-order chi connectivity index (χ0) is 90.0. The predicted molar refractivity (Wildman–Crippen MR) is 564 cm³/mol. The molecule has 0 unspecified atom stereocenters. The lowest BCUT2D eigenvalue weighted by Gasteiger charge is -2.44. The molecule has 0 bridgehead atoms. The van der Waals surface area contributed by atoms with Gasteiger partial charge < -0.3 is 23.5 Å². The first-order valence-electron chi connectivity index (χ1n) is 47.7. The van der Waals surface area contributed by atoms with Crippen LogP contribution in [0.3, 0.4) is 0 Å². The SMILES string of the molecule is CC(C)(C)c1ccc2c(c1)c1cc(C(C)(C)C)ccc1n2-c1cc2c3c(c1)N(c1ccc(-c4ccc5c(c4)C(C)(C)CCC5(C)C)cc1)c1cc(-n4c5ccc(-c6ccccc6)cc5c5cc(-c6ccccc6)ccc54)ccc1B3c1ccc(-n3c4ccc(-c5ccccc5)cc4c4cc(-c5ccccc5)ccc43)cc1N2c1ccc(-c2ccc3c(c2)C(C)(C)CCC3(C)C)cc1. The van der Waals surface area contributed by atoms with E-state index < -0.39 is 0 Å². The molecule has 5 heterocycles. The van der Waals surface area contributed by atoms with Gasteiger partial charge in [0.25, 0.3) is 6.71 Å². The lowest BCUT2D eigenvalue weighted by molar-refractivity contribution is 0.332. The van der Waals surface area contributed by atoms with Gasteiger partial charge in [0.2, 0.25) is 0 Å². The molecule has 0 amide bonds. The molecule has 132 heavy (non-hydrogen) atoms. The quantitative estimate of drug-likeness (QED) is 0.120. The van der Waals surface area contributed by atoms with Crippen LogP contribution in [0.15, 0.2) is 364 Å². The highest BCUT2D eigenvalue weighted by molar-refractivity contribution is 7.00. The van der Waals surface area contributed by atoms with Gasteiger partial charge in [-0.2, -0.15) is 0 Å². The lowest BCUT2D eigenvalue weighted by Crippen LogP contribution is -2.61. The zero-order valence-corrected chi connectivity index (χ0v) is 78.3. The summed E-state index contributed by atoms with van der Waals surface area (Å²) in [5.41, 5.74) is 43.4. The normalized spacial score (nSPS) is 15.3. The van der Waals surface area contributed by atoms with E-state index in [1.165, 1.54) is 173 Å². The van der Waals surface area contributed by atoms with Crippen molar-refractivity contribution >= 4 is 123 Å². The van der Waals surface area contributed by atoms with Gasteiger partial charge >= 0.3 is 0 Å². The molecule has 5 nitrogen and oxygen atoms in total. The van der Waals surface area contributed by atoms with Gasteiger partial charge in [-0.15, -0.1) is 0 Å². The van der Waals surface area contributed by atoms with Gasteiger partial charge in [-0.1, -0.05) is 327 Å². The molecule has 3 aromatic heterocycles. The number of rotatable bonds is 11. The first-order chi connectivity index (χ1) is 63.6. The van der Waals surface area contributed by atoms with Crippen molar-refractivity contribution in [3.63, 3.8) is 0 Å². The Morgan fingerprint density at radius 1 is 0.212 bits per heavy atom. The largest absolute Gasteiger partial charge is 0.311 e. The van der Waals surface area contributed by atoms with Crippen LogP contribution in [-0.2, 0) is 32.5 Å². The van der Waals surface area contributed by atoms with Crippen molar-refractivity contribution in [3.05, 3.63) is 397 Å². The molecule has 0 atom stereocenters. The van der Waals surface area contributed by atoms with Gasteiger partial charge in [0.05, 0.1) is 38.8 Å². The first kappa shape index (κ1) is 81.1. The topological polar surface area (TPSA) is 21.3 Å². The summed E-state index contributed by atoms with van der Waals surface area (Å²) < 4.78 is 7.72. The standard InChI is InChI=1S/C126H110BN5/c1-121(2,3)91-45-61-114-102(73-91)103-74-92(122(4,5)6)46-62-115(103)132(114)97-77-118-120-119(78-97)129(94-49-37-84(38-50-94)90-40-54-105-107(72-90)126(13,14)66-64-124(105,9)10)117-76-96(131-112-59-43-87(81-31-23-17-24-32-81)69-100(112)101-70-88(44-60-113(101)131)82-33-25-18-26-34-82)52-56-109(117)127(120)108-55-51-95(75-116(108)128(118)93-47-35-83(36-48-93)89-39-53-104-106(71-89)125(11,12)65-63-123(104,7)8)130-110-57-41-85(79-27-19-15-20-28-79)67-98(110)99-68-86(42-58-111(99)130)80-29-21-16-22-30-80/h15-62,67-78H,63-66H2,1-14H3. The summed E-state index contributed by atoms with van der Waals surface area (Å²) in [4.78, 5) is 5.34. The van der Waals surface area contributed by atoms with E-state index in [0.29, 0.717) is 0 Å². The van der Waals surface area contributed by atoms with Crippen molar-refractivity contribution in [2.45, 2.75) is 155 Å². The maximum Gasteiger partial charge on any atom is 0.252 e. The molecule has 2 aliphatic heterocycles. The number of hydrogen-bond acceptors (Lipinski definition) is 2. The van der Waals surface area contributed by atoms with Crippen LogP contribution in [0.2, 0.25) is 0 Å². The van der Waals surface area contributed by atoms with Gasteiger partial charge in [-0.25, -0.2) is 0 Å². The van der Waals surface area contributed by atoms with E-state index in [0.717, 1.165) is 86.1 Å². The molecule has 0 N–H and O–H groups in total. The van der Waals surface area contributed by atoms with Crippen molar-refractivity contribution in [1.29, 1.82) is 0 Å². The highest BCUT2D eigenvalue weighted by Gasteiger charge is 2.46. The Morgan fingerprint density at radius 2 is 0.462 bits per heavy atom. The summed E-state index contributed by atoms with van der Waals surface area (Å²) in [5, 5.41) is 7.31. The average molecular weight is 1710 g/mol. The molecule has 0 saturated heterocycles. The highest BCUT2D eigenvalue weighted by Crippen LogP contribution is 2.54. The van der Waals surface area contributed by atoms with Gasteiger partial charge in [0.1, 0.15) is 0 Å². The molecule has 0 saturated carbocycles. The molecule has 20 aromatic rings. The van der Waals surface area contributed by atoms with Crippen molar-refractivity contribution in [2.75, 3.05) is 9.80 Å². The second kappa shape index (κ2) is 29.7. The van der Waals surface area contributed by atoms with Crippen molar-refractivity contribution in [1.82, 2.24) is 13.7 Å². The molecule has 0 radical (unpaired) electrons. The highest BCUT2D eigenvalue weighted by atomic mass is 15.2. The van der Waals surface area contributed by atoms with Crippen LogP contribution < -0.4 is 26.2 Å². The van der Waals surface area contributed by atoms with E-state index in [1.54, 1.807) is 0 Å². The Morgan fingerprint density at radius 3 is 0.780 bits per heavy atom. The van der Waals surface area contributed by atoms with Gasteiger partial charge in [-0.05, 0) is 308 Å². The fourth-order valence-electron chi connectivity index (χ4n) is 23.1. The van der Waals surface area contributed by atoms with Gasteiger partial charge in [0.15, 0.2) is 0 Å². The lowest BCUT2D eigenvalue weighted by atomic mass is 9.33. The summed E-state index contributed by atoms with van der Waals surface area (Å²) in [6, 6.07) is 141. The molecular formula is C126H110BN5. The van der Waals surface area contributed by atoms with E-state index in [1.807, 2.05) is 0 Å². The second-order valence-corrected chi connectivity index (χ2v) is 43.0. The van der Waals surface area contributed by atoms with Crippen molar-refractivity contribution in [2.24, 2.45) is 0 Å². The van der Waals surface area contributed by atoms with Gasteiger partial charge in [0, 0.05) is 77.8 Å². The van der Waals surface area contributed by atoms with E-state index >= 15 is 0 Å². The van der Waals surface area contributed by atoms with Crippen molar-refractivity contribution < 1.29 is 0 Å². The van der Waals surface area contributed by atoms with E-state index in [4.69, 9.17) is 0 Å². The summed E-state index contributed by atoms with van der Waals surface area (Å²) in [5.74, 6) is 0. The molecule has 642 valence electrons. The number of anilines is 6. The number of fused-ring (bicyclic) bond motifs is 15. The smallest absolute Gasteiger partial charge is 0.252 e. The van der Waals surface area contributed by atoms with Crippen LogP contribution in [0.4, 0.5) is 34.1 Å². The minimum atomic E-state index is -0.267. The van der Waals surface area contributed by atoms with Crippen LogP contribution in [-0.4, -0.2) is 20.4 Å². The third-order valence-corrected chi connectivity index (χ3v) is 30.9. The van der Waals surface area contributed by atoms with Gasteiger partial charge in [-0.3, -0.25) is 0 Å². The Bertz CT molecular complexity index is 7460. The zero-order valence-electron chi connectivity index (χ0n) is 78.3. The minimum Gasteiger partial charge on any atom is -0.311 e. The second-order valence-electron chi connectivity index (χ2n) is 43.0. The fourth-order valence-corrected chi connectivity index (χ4v) is 23.1. The van der Waals surface area contributed by atoms with E-state index in [9.17, 15) is 0 Å². The number of benzene rings is 17.